The molecule has 0 aliphatic heterocycles. The van der Waals surface area contributed by atoms with E-state index in [-0.39, 0.29) is 9.88 Å². The van der Waals surface area contributed by atoms with Gasteiger partial charge in [0, 0.05) is 0 Å². The lowest BCUT2D eigenvalue weighted by Gasteiger charge is -2.10. The van der Waals surface area contributed by atoms with Crippen molar-refractivity contribution >= 4 is 27.0 Å². The standard InChI is InChI=1S/C9H11NO2S2/c1-7(9(10)13)14(11,12)8-5-3-2-4-6-8/h2-7H,1H3,(H2,10,13). The van der Waals surface area contributed by atoms with Crippen LogP contribution in [-0.2, 0) is 9.84 Å². The van der Waals surface area contributed by atoms with Crippen LogP contribution in [-0.4, -0.2) is 18.7 Å². The number of thiocarbonyl (C=S) groups is 1. The van der Waals surface area contributed by atoms with Crippen LogP contribution in [0.5, 0.6) is 0 Å². The molecule has 0 saturated heterocycles. The second-order valence-corrected chi connectivity index (χ2v) is 5.64. The number of hydrogen-bond donors (Lipinski definition) is 1. The maximum atomic E-state index is 11.8. The smallest absolute Gasteiger partial charge is 0.187 e. The van der Waals surface area contributed by atoms with Crippen LogP contribution >= 0.6 is 12.2 Å². The molecule has 1 aromatic rings. The molecule has 0 aliphatic rings. The second kappa shape index (κ2) is 4.06. The number of benzene rings is 1. The van der Waals surface area contributed by atoms with Gasteiger partial charge in [0.2, 0.25) is 0 Å². The first kappa shape index (κ1) is 11.1. The minimum Gasteiger partial charge on any atom is -0.392 e. The molecule has 1 unspecified atom stereocenters. The summed E-state index contributed by atoms with van der Waals surface area (Å²) in [6, 6.07) is 8.15. The largest absolute Gasteiger partial charge is 0.392 e. The topological polar surface area (TPSA) is 60.2 Å². The van der Waals surface area contributed by atoms with Gasteiger partial charge < -0.3 is 5.73 Å². The van der Waals surface area contributed by atoms with Gasteiger partial charge in [-0.05, 0) is 19.1 Å². The summed E-state index contributed by atoms with van der Waals surface area (Å²) in [6.07, 6.45) is 0. The van der Waals surface area contributed by atoms with Crippen molar-refractivity contribution in [2.45, 2.75) is 17.1 Å². The molecule has 1 aromatic carbocycles. The Kier molecular flexibility index (Phi) is 3.23. The van der Waals surface area contributed by atoms with Gasteiger partial charge in [-0.25, -0.2) is 8.42 Å². The van der Waals surface area contributed by atoms with Gasteiger partial charge in [0.25, 0.3) is 0 Å². The third-order valence-electron chi connectivity index (χ3n) is 1.94. The molecule has 3 nitrogen and oxygen atoms in total. The van der Waals surface area contributed by atoms with Gasteiger partial charge >= 0.3 is 0 Å². The number of rotatable bonds is 3. The van der Waals surface area contributed by atoms with Crippen LogP contribution in [0.25, 0.3) is 0 Å². The predicted octanol–water partition coefficient (Wildman–Crippen LogP) is 1.13. The van der Waals surface area contributed by atoms with Crippen molar-refractivity contribution in [3.63, 3.8) is 0 Å². The van der Waals surface area contributed by atoms with Crippen LogP contribution in [0.15, 0.2) is 35.2 Å². The monoisotopic (exact) mass is 229 g/mol. The number of nitrogens with two attached hydrogens (primary N) is 1. The lowest BCUT2D eigenvalue weighted by Crippen LogP contribution is -2.31. The summed E-state index contributed by atoms with van der Waals surface area (Å²) in [5, 5.41) is -0.820. The van der Waals surface area contributed by atoms with Gasteiger partial charge in [-0.2, -0.15) is 0 Å². The molecule has 0 fully saturated rings. The molecule has 0 heterocycles. The Morgan fingerprint density at radius 3 is 2.29 bits per heavy atom. The zero-order chi connectivity index (χ0) is 10.8. The highest BCUT2D eigenvalue weighted by molar-refractivity contribution is 7.94. The third-order valence-corrected chi connectivity index (χ3v) is 4.55. The van der Waals surface area contributed by atoms with Gasteiger partial charge in [-0.1, -0.05) is 30.4 Å². The molecule has 76 valence electrons. The van der Waals surface area contributed by atoms with Crippen LogP contribution in [0.3, 0.4) is 0 Å². The molecule has 1 rings (SSSR count). The highest BCUT2D eigenvalue weighted by atomic mass is 32.2. The van der Waals surface area contributed by atoms with E-state index in [1.54, 1.807) is 18.2 Å². The Morgan fingerprint density at radius 1 is 1.36 bits per heavy atom. The van der Waals surface area contributed by atoms with Crippen LogP contribution in [0, 0.1) is 0 Å². The van der Waals surface area contributed by atoms with Crippen molar-refractivity contribution in [1.82, 2.24) is 0 Å². The first-order valence-electron chi connectivity index (χ1n) is 4.04. The molecule has 5 heteroatoms. The number of sulfone groups is 1. The second-order valence-electron chi connectivity index (χ2n) is 2.90. The van der Waals surface area contributed by atoms with E-state index in [9.17, 15) is 8.42 Å². The highest BCUT2D eigenvalue weighted by Gasteiger charge is 2.24. The van der Waals surface area contributed by atoms with E-state index in [2.05, 4.69) is 12.2 Å². The molecule has 0 saturated carbocycles. The molecule has 0 amide bonds. The Morgan fingerprint density at radius 2 is 1.86 bits per heavy atom. The molecule has 0 bridgehead atoms. The SMILES string of the molecule is CC(C(N)=S)S(=O)(=O)c1ccccc1. The zero-order valence-electron chi connectivity index (χ0n) is 7.67. The fraction of sp³-hybridized carbons (Fsp3) is 0.222. The van der Waals surface area contributed by atoms with Crippen molar-refractivity contribution in [3.05, 3.63) is 30.3 Å². The van der Waals surface area contributed by atoms with Crippen LogP contribution in [0.4, 0.5) is 0 Å². The van der Waals surface area contributed by atoms with E-state index in [4.69, 9.17) is 5.73 Å². The molecule has 0 aliphatic carbocycles. The summed E-state index contributed by atoms with van der Waals surface area (Å²) in [6.45, 7) is 1.49. The highest BCUT2D eigenvalue weighted by Crippen LogP contribution is 2.15. The van der Waals surface area contributed by atoms with Gasteiger partial charge in [-0.3, -0.25) is 0 Å². The quantitative estimate of drug-likeness (QED) is 0.789. The molecule has 0 spiro atoms. The van der Waals surface area contributed by atoms with E-state index in [0.29, 0.717) is 0 Å². The average Bonchev–Trinajstić information content (AvgIpc) is 2.18. The van der Waals surface area contributed by atoms with Crippen molar-refractivity contribution in [3.8, 4) is 0 Å². The minimum atomic E-state index is -3.40. The summed E-state index contributed by atoms with van der Waals surface area (Å²) in [5.74, 6) is 0. The number of hydrogen-bond acceptors (Lipinski definition) is 3. The Hall–Kier alpha value is -0.940. The Bertz CT molecular complexity index is 425. The lowest BCUT2D eigenvalue weighted by molar-refractivity contribution is 0.593. The van der Waals surface area contributed by atoms with E-state index in [1.165, 1.54) is 19.1 Å². The first-order valence-corrected chi connectivity index (χ1v) is 6.00. The first-order chi connectivity index (χ1) is 6.46. The minimum absolute atomic E-state index is 0.00569. The van der Waals surface area contributed by atoms with E-state index >= 15 is 0 Å². The van der Waals surface area contributed by atoms with Crippen LogP contribution < -0.4 is 5.73 Å². The summed E-state index contributed by atoms with van der Waals surface area (Å²) in [5.41, 5.74) is 5.31. The summed E-state index contributed by atoms with van der Waals surface area (Å²) < 4.78 is 23.6. The van der Waals surface area contributed by atoms with Crippen molar-refractivity contribution in [2.75, 3.05) is 0 Å². The maximum absolute atomic E-state index is 11.8. The van der Waals surface area contributed by atoms with E-state index in [1.807, 2.05) is 0 Å². The van der Waals surface area contributed by atoms with Crippen molar-refractivity contribution < 1.29 is 8.42 Å². The summed E-state index contributed by atoms with van der Waals surface area (Å²) in [7, 11) is -3.40. The Labute approximate surface area is 88.9 Å². The third kappa shape index (κ3) is 2.10. The fourth-order valence-corrected chi connectivity index (χ4v) is 2.60. The lowest BCUT2D eigenvalue weighted by atomic mass is 10.4. The van der Waals surface area contributed by atoms with Crippen LogP contribution in [0.2, 0.25) is 0 Å². The Balaban J connectivity index is 3.16. The van der Waals surface area contributed by atoms with Gasteiger partial charge in [0.1, 0.15) is 5.25 Å². The van der Waals surface area contributed by atoms with Gasteiger partial charge in [-0.15, -0.1) is 0 Å². The zero-order valence-corrected chi connectivity index (χ0v) is 9.31. The maximum Gasteiger partial charge on any atom is 0.187 e. The normalized spacial score (nSPS) is 13.5. The molecule has 14 heavy (non-hydrogen) atoms. The van der Waals surface area contributed by atoms with Gasteiger partial charge in [0.05, 0.1) is 9.88 Å². The molecule has 0 radical (unpaired) electrons. The van der Waals surface area contributed by atoms with Crippen molar-refractivity contribution in [1.29, 1.82) is 0 Å². The predicted molar refractivity (Wildman–Crippen MR) is 59.9 cm³/mol. The molecular formula is C9H11NO2S2. The average molecular weight is 229 g/mol. The fourth-order valence-electron chi connectivity index (χ4n) is 0.967. The summed E-state index contributed by atoms with van der Waals surface area (Å²) >= 11 is 4.66. The molecule has 2 N–H and O–H groups in total. The van der Waals surface area contributed by atoms with E-state index < -0.39 is 15.1 Å². The molecule has 1 atom stereocenters. The summed E-state index contributed by atoms with van der Waals surface area (Å²) in [4.78, 5) is 0.245. The van der Waals surface area contributed by atoms with Crippen LogP contribution in [0.1, 0.15) is 6.92 Å². The molecular weight excluding hydrogens is 218 g/mol. The molecule has 0 aromatic heterocycles. The van der Waals surface area contributed by atoms with Gasteiger partial charge in [0.15, 0.2) is 9.84 Å². The van der Waals surface area contributed by atoms with E-state index in [0.717, 1.165) is 0 Å². The van der Waals surface area contributed by atoms with Crippen molar-refractivity contribution in [2.24, 2.45) is 5.73 Å².